The fourth-order valence-corrected chi connectivity index (χ4v) is 1.07. The quantitative estimate of drug-likeness (QED) is 0.567. The lowest BCUT2D eigenvalue weighted by atomic mass is 10.2. The number of nitrogens with two attached hydrogens (primary N) is 1. The smallest absolute Gasteiger partial charge is 0.252 e. The highest BCUT2D eigenvalue weighted by Crippen LogP contribution is 2.19. The van der Waals surface area contributed by atoms with Crippen molar-refractivity contribution in [2.45, 2.75) is 0 Å². The van der Waals surface area contributed by atoms with Crippen LogP contribution in [0.2, 0.25) is 5.02 Å². The molecule has 0 bridgehead atoms. The van der Waals surface area contributed by atoms with Crippen LogP contribution in [0.3, 0.4) is 0 Å². The topological polar surface area (TPSA) is 78.9 Å². The Morgan fingerprint density at radius 1 is 1.64 bits per heavy atom. The lowest BCUT2D eigenvalue weighted by Gasteiger charge is -2.02. The summed E-state index contributed by atoms with van der Waals surface area (Å²) in [6.45, 7) is -0.0270. The first-order chi connectivity index (χ1) is 6.65. The molecule has 0 aliphatic carbocycles. The number of nitrogen functional groups attached to an aromatic ring is 1. The lowest BCUT2D eigenvalue weighted by Crippen LogP contribution is -2.23. The third kappa shape index (κ3) is 2.38. The van der Waals surface area contributed by atoms with Crippen molar-refractivity contribution in [1.82, 2.24) is 5.32 Å². The molecule has 1 aromatic carbocycles. The molecule has 0 aromatic heterocycles. The van der Waals surface area contributed by atoms with Crippen LogP contribution in [0.1, 0.15) is 10.4 Å². The highest BCUT2D eigenvalue weighted by Gasteiger charge is 2.06. The van der Waals surface area contributed by atoms with Crippen molar-refractivity contribution in [1.29, 1.82) is 5.26 Å². The molecule has 5 heteroatoms. The van der Waals surface area contributed by atoms with Crippen LogP contribution in [0.5, 0.6) is 0 Å². The number of nitriles is 1. The average molecular weight is 210 g/mol. The summed E-state index contributed by atoms with van der Waals surface area (Å²) in [4.78, 5) is 11.3. The van der Waals surface area contributed by atoms with Crippen molar-refractivity contribution in [3.8, 4) is 6.07 Å². The van der Waals surface area contributed by atoms with Crippen LogP contribution in [-0.4, -0.2) is 12.5 Å². The summed E-state index contributed by atoms with van der Waals surface area (Å²) in [5, 5.41) is 11.0. The largest absolute Gasteiger partial charge is 0.398 e. The molecule has 1 aromatic rings. The first kappa shape index (κ1) is 10.4. The summed E-state index contributed by atoms with van der Waals surface area (Å²) < 4.78 is 0. The monoisotopic (exact) mass is 209 g/mol. The fraction of sp³-hybridized carbons (Fsp3) is 0.111. The average Bonchev–Trinajstić information content (AvgIpc) is 2.18. The maximum absolute atomic E-state index is 11.3. The number of carbonyl (C=O) groups is 1. The minimum atomic E-state index is -0.339. The number of carbonyl (C=O) groups excluding carboxylic acids is 1. The minimum absolute atomic E-state index is 0.0270. The molecule has 0 spiro atoms. The Morgan fingerprint density at radius 3 is 2.93 bits per heavy atom. The van der Waals surface area contributed by atoms with Crippen molar-refractivity contribution < 1.29 is 4.79 Å². The number of nitrogens with zero attached hydrogens (tertiary/aromatic N) is 1. The summed E-state index contributed by atoms with van der Waals surface area (Å²) in [5.74, 6) is -0.339. The number of anilines is 1. The van der Waals surface area contributed by atoms with Crippen LogP contribution in [-0.2, 0) is 0 Å². The van der Waals surface area contributed by atoms with E-state index in [1.54, 1.807) is 18.2 Å². The maximum Gasteiger partial charge on any atom is 0.252 e. The van der Waals surface area contributed by atoms with Gasteiger partial charge in [0.1, 0.15) is 6.54 Å². The van der Waals surface area contributed by atoms with Crippen LogP contribution in [0.25, 0.3) is 0 Å². The standard InChI is InChI=1S/C9H8ClN3O/c10-7-5-6(1-2-8(7)12)9(14)13-4-3-11/h1-2,5H,4,12H2,(H,13,14). The van der Waals surface area contributed by atoms with Crippen molar-refractivity contribution in [3.63, 3.8) is 0 Å². The van der Waals surface area contributed by atoms with Gasteiger partial charge in [0.15, 0.2) is 0 Å². The van der Waals surface area contributed by atoms with E-state index in [9.17, 15) is 4.79 Å². The molecule has 72 valence electrons. The fourth-order valence-electron chi connectivity index (χ4n) is 0.890. The van der Waals surface area contributed by atoms with Gasteiger partial charge < -0.3 is 11.1 Å². The number of benzene rings is 1. The van der Waals surface area contributed by atoms with Crippen LogP contribution in [0.15, 0.2) is 18.2 Å². The van der Waals surface area contributed by atoms with Gasteiger partial charge in [-0.15, -0.1) is 0 Å². The van der Waals surface area contributed by atoms with Gasteiger partial charge in [-0.3, -0.25) is 4.79 Å². The van der Waals surface area contributed by atoms with Crippen molar-refractivity contribution in [2.24, 2.45) is 0 Å². The number of hydrogen-bond donors (Lipinski definition) is 2. The predicted octanol–water partition coefficient (Wildman–Crippen LogP) is 1.18. The normalized spacial score (nSPS) is 9.14. The van der Waals surface area contributed by atoms with Crippen LogP contribution < -0.4 is 11.1 Å². The molecule has 0 saturated heterocycles. The van der Waals surface area contributed by atoms with Crippen LogP contribution in [0.4, 0.5) is 5.69 Å². The van der Waals surface area contributed by atoms with Gasteiger partial charge in [-0.25, -0.2) is 0 Å². The second kappa shape index (κ2) is 4.49. The molecule has 14 heavy (non-hydrogen) atoms. The Labute approximate surface area is 86.3 Å². The van der Waals surface area contributed by atoms with Gasteiger partial charge in [-0.05, 0) is 18.2 Å². The molecule has 0 saturated carbocycles. The SMILES string of the molecule is N#CCNC(=O)c1ccc(N)c(Cl)c1. The molecule has 1 rings (SSSR count). The Kier molecular flexibility index (Phi) is 3.32. The van der Waals surface area contributed by atoms with Gasteiger partial charge in [0, 0.05) is 5.56 Å². The van der Waals surface area contributed by atoms with E-state index in [0.717, 1.165) is 0 Å². The third-order valence-electron chi connectivity index (χ3n) is 1.59. The van der Waals surface area contributed by atoms with Crippen molar-refractivity contribution >= 4 is 23.2 Å². The van der Waals surface area contributed by atoms with E-state index in [4.69, 9.17) is 22.6 Å². The second-order valence-electron chi connectivity index (χ2n) is 2.58. The van der Waals surface area contributed by atoms with Crippen molar-refractivity contribution in [3.05, 3.63) is 28.8 Å². The predicted molar refractivity (Wildman–Crippen MR) is 53.8 cm³/mol. The number of hydrogen-bond acceptors (Lipinski definition) is 3. The van der Waals surface area contributed by atoms with Crippen LogP contribution in [0, 0.1) is 11.3 Å². The first-order valence-electron chi connectivity index (χ1n) is 3.85. The van der Waals surface area contributed by atoms with Gasteiger partial charge in [0.2, 0.25) is 0 Å². The highest BCUT2D eigenvalue weighted by atomic mass is 35.5. The summed E-state index contributed by atoms with van der Waals surface area (Å²) >= 11 is 5.72. The zero-order chi connectivity index (χ0) is 10.6. The molecule has 0 aliphatic rings. The molecule has 0 unspecified atom stereocenters. The third-order valence-corrected chi connectivity index (χ3v) is 1.92. The highest BCUT2D eigenvalue weighted by molar-refractivity contribution is 6.33. The van der Waals surface area contributed by atoms with Gasteiger partial charge >= 0.3 is 0 Å². The minimum Gasteiger partial charge on any atom is -0.398 e. The van der Waals surface area contributed by atoms with E-state index in [1.807, 2.05) is 0 Å². The molecule has 0 fully saturated rings. The van der Waals surface area contributed by atoms with Gasteiger partial charge in [-0.1, -0.05) is 11.6 Å². The summed E-state index contributed by atoms with van der Waals surface area (Å²) in [6.07, 6.45) is 0. The lowest BCUT2D eigenvalue weighted by molar-refractivity contribution is 0.0958. The molecule has 0 heterocycles. The molecule has 1 amide bonds. The van der Waals surface area contributed by atoms with E-state index >= 15 is 0 Å². The number of rotatable bonds is 2. The maximum atomic E-state index is 11.3. The van der Waals surface area contributed by atoms with Gasteiger partial charge in [0.25, 0.3) is 5.91 Å². The van der Waals surface area contributed by atoms with Gasteiger partial charge in [0.05, 0.1) is 16.8 Å². The summed E-state index contributed by atoms with van der Waals surface area (Å²) in [6, 6.07) is 6.36. The van der Waals surface area contributed by atoms with E-state index in [-0.39, 0.29) is 12.5 Å². The Morgan fingerprint density at radius 2 is 2.36 bits per heavy atom. The Balaban J connectivity index is 2.82. The Bertz CT molecular complexity index is 398. The van der Waals surface area contributed by atoms with Crippen LogP contribution >= 0.6 is 11.6 Å². The molecule has 3 N–H and O–H groups in total. The second-order valence-corrected chi connectivity index (χ2v) is 2.98. The molecular weight excluding hydrogens is 202 g/mol. The van der Waals surface area contributed by atoms with Crippen molar-refractivity contribution in [2.75, 3.05) is 12.3 Å². The number of nitrogens with one attached hydrogen (secondary N) is 1. The number of halogens is 1. The summed E-state index contributed by atoms with van der Waals surface area (Å²) in [5.41, 5.74) is 6.28. The molecule has 4 nitrogen and oxygen atoms in total. The van der Waals surface area contributed by atoms with E-state index in [1.165, 1.54) is 6.07 Å². The molecule has 0 aliphatic heterocycles. The zero-order valence-corrected chi connectivity index (χ0v) is 8.01. The summed E-state index contributed by atoms with van der Waals surface area (Å²) in [7, 11) is 0. The Hall–Kier alpha value is -1.73. The zero-order valence-electron chi connectivity index (χ0n) is 7.25. The molecule has 0 atom stereocenters. The van der Waals surface area contributed by atoms with E-state index < -0.39 is 0 Å². The van der Waals surface area contributed by atoms with Gasteiger partial charge in [-0.2, -0.15) is 5.26 Å². The molecular formula is C9H8ClN3O. The number of amides is 1. The van der Waals surface area contributed by atoms with E-state index in [0.29, 0.717) is 16.3 Å². The molecule has 0 radical (unpaired) electrons. The first-order valence-corrected chi connectivity index (χ1v) is 4.23. The van der Waals surface area contributed by atoms with E-state index in [2.05, 4.69) is 5.32 Å².